The van der Waals surface area contributed by atoms with Gasteiger partial charge >= 0.3 is 25.8 Å². The van der Waals surface area contributed by atoms with Crippen LogP contribution in [0.3, 0.4) is 0 Å². The second-order valence-electron chi connectivity index (χ2n) is 6.58. The van der Waals surface area contributed by atoms with Gasteiger partial charge < -0.3 is 24.8 Å². The third kappa shape index (κ3) is 7.97. The molecule has 0 aromatic heterocycles. The number of halogens is 2. The second kappa shape index (κ2) is 14.0. The summed E-state index contributed by atoms with van der Waals surface area (Å²) < 4.78 is 0. The maximum absolute atomic E-state index is 3.00. The summed E-state index contributed by atoms with van der Waals surface area (Å²) in [5.74, 6) is 0. The van der Waals surface area contributed by atoms with Gasteiger partial charge in [-0.05, 0) is 0 Å². The monoisotopic (exact) mass is 544 g/mol. The first-order valence-electron chi connectivity index (χ1n) is 8.72. The van der Waals surface area contributed by atoms with E-state index in [0.29, 0.717) is 0 Å². The Balaban J connectivity index is 0. The minimum absolute atomic E-state index is 0. The van der Waals surface area contributed by atoms with E-state index in [-0.39, 0.29) is 50.7 Å². The molecular weight excluding hydrogens is 514 g/mol. The zero-order chi connectivity index (χ0) is 15.9. The fourth-order valence-corrected chi connectivity index (χ4v) is 3.75. The molecule has 136 valence electrons. The van der Waals surface area contributed by atoms with Gasteiger partial charge in [0.2, 0.25) is 0 Å². The van der Waals surface area contributed by atoms with E-state index < -0.39 is 0 Å². The van der Waals surface area contributed by atoms with Crippen molar-refractivity contribution in [2.45, 2.75) is 65.2 Å². The molecule has 2 aliphatic carbocycles. The molecule has 0 fully saturated rings. The van der Waals surface area contributed by atoms with Gasteiger partial charge in [-0.25, -0.2) is 12.1 Å². The van der Waals surface area contributed by atoms with Crippen molar-refractivity contribution in [3.63, 3.8) is 0 Å². The Bertz CT molecular complexity index is 496. The average molecular weight is 544 g/mol. The van der Waals surface area contributed by atoms with Crippen molar-refractivity contribution in [1.29, 1.82) is 0 Å². The zero-order valence-corrected chi connectivity index (χ0v) is 20.7. The fourth-order valence-electron chi connectivity index (χ4n) is 3.75. The van der Waals surface area contributed by atoms with Crippen LogP contribution in [0, 0.1) is 13.8 Å². The summed E-state index contributed by atoms with van der Waals surface area (Å²) in [7, 11) is 0. The molecule has 0 nitrogen and oxygen atoms in total. The maximum atomic E-state index is 3.00. The molecule has 25 heavy (non-hydrogen) atoms. The normalized spacial score (nSPS) is 13.7. The van der Waals surface area contributed by atoms with Gasteiger partial charge in [-0.15, -0.1) is 13.2 Å². The maximum Gasteiger partial charge on any atom is 4.00 e. The Kier molecular flexibility index (Phi) is 15.2. The first kappa shape index (κ1) is 27.1. The van der Waals surface area contributed by atoms with Gasteiger partial charge in [0.1, 0.15) is 0 Å². The van der Waals surface area contributed by atoms with E-state index in [9.17, 15) is 0 Å². The smallest absolute Gasteiger partial charge is 1.00 e. The van der Waals surface area contributed by atoms with Gasteiger partial charge in [0, 0.05) is 0 Å². The molecule has 0 atom stereocenters. The standard InChI is InChI=1S/2C10H13.C2H4.2ClH.Hf/c2*1-8-6-9-4-2-3-5-10(9)7-8;1-2;;;/h2*6-7H,2-5H2,1H3;1-2H2;2*1H;/q2*-1;;;;+4/p-2. The molecule has 2 aromatic rings. The molecule has 0 saturated heterocycles. The van der Waals surface area contributed by atoms with E-state index in [4.69, 9.17) is 0 Å². The number of fused-ring (bicyclic) bond motifs is 2. The van der Waals surface area contributed by atoms with Gasteiger partial charge in [-0.3, -0.25) is 0 Å². The largest absolute Gasteiger partial charge is 4.00 e. The van der Waals surface area contributed by atoms with Gasteiger partial charge in [-0.2, -0.15) is 45.5 Å². The number of hydrogen-bond acceptors (Lipinski definition) is 0. The van der Waals surface area contributed by atoms with Crippen molar-refractivity contribution in [3.05, 3.63) is 70.8 Å². The summed E-state index contributed by atoms with van der Waals surface area (Å²) in [4.78, 5) is 0. The van der Waals surface area contributed by atoms with Crippen LogP contribution in [-0.4, -0.2) is 0 Å². The Morgan fingerprint density at radius 1 is 0.680 bits per heavy atom. The van der Waals surface area contributed by atoms with Crippen molar-refractivity contribution < 1.29 is 50.7 Å². The van der Waals surface area contributed by atoms with E-state index >= 15 is 0 Å². The second-order valence-corrected chi connectivity index (χ2v) is 6.58. The van der Waals surface area contributed by atoms with Gasteiger partial charge in [0.25, 0.3) is 0 Å². The van der Waals surface area contributed by atoms with Crippen molar-refractivity contribution in [2.24, 2.45) is 0 Å². The van der Waals surface area contributed by atoms with Gasteiger partial charge in [0.15, 0.2) is 0 Å². The molecule has 2 aromatic carbocycles. The van der Waals surface area contributed by atoms with Crippen LogP contribution in [-0.2, 0) is 51.5 Å². The van der Waals surface area contributed by atoms with Crippen LogP contribution in [0.2, 0.25) is 0 Å². The number of hydrogen-bond donors (Lipinski definition) is 0. The first-order chi connectivity index (χ1) is 10.7. The molecular formula is C22H30Cl2Hf. The molecule has 3 heteroatoms. The predicted octanol–water partition coefficient (Wildman–Crippen LogP) is -0.00686. The molecule has 2 aliphatic rings. The molecule has 0 unspecified atom stereocenters. The Hall–Kier alpha value is -0.110. The fraction of sp³-hybridized carbons (Fsp3) is 0.455. The van der Waals surface area contributed by atoms with E-state index in [0.717, 1.165) is 0 Å². The summed E-state index contributed by atoms with van der Waals surface area (Å²) in [6.45, 7) is 10.4. The average Bonchev–Trinajstić information content (AvgIpc) is 3.10. The van der Waals surface area contributed by atoms with Crippen LogP contribution in [0.15, 0.2) is 37.4 Å². The van der Waals surface area contributed by atoms with Crippen LogP contribution in [0.1, 0.15) is 59.1 Å². The van der Waals surface area contributed by atoms with E-state index in [2.05, 4.69) is 51.3 Å². The first-order valence-corrected chi connectivity index (χ1v) is 8.72. The quantitative estimate of drug-likeness (QED) is 0.249. The molecule has 4 rings (SSSR count). The molecule has 0 amide bonds. The van der Waals surface area contributed by atoms with Crippen LogP contribution < -0.4 is 24.8 Å². The summed E-state index contributed by atoms with van der Waals surface area (Å²) in [5, 5.41) is 0. The summed E-state index contributed by atoms with van der Waals surface area (Å²) in [5.41, 5.74) is 9.36. The zero-order valence-electron chi connectivity index (χ0n) is 15.6. The molecule has 0 radical (unpaired) electrons. The Morgan fingerprint density at radius 3 is 1.32 bits per heavy atom. The van der Waals surface area contributed by atoms with E-state index in [1.807, 2.05) is 0 Å². The summed E-state index contributed by atoms with van der Waals surface area (Å²) in [6, 6.07) is 9.37. The summed E-state index contributed by atoms with van der Waals surface area (Å²) in [6.07, 6.45) is 10.9. The number of aryl methyl sites for hydroxylation is 6. The Labute approximate surface area is 185 Å². The van der Waals surface area contributed by atoms with E-state index in [1.165, 1.54) is 62.5 Å². The SMILES string of the molecule is C=C.Cc1cc2c([cH-]1)CCCC2.Cc1cc2c([cH-]1)CCCC2.[Cl-].[Cl-].[Hf+4]. The molecule has 0 saturated carbocycles. The predicted molar refractivity (Wildman–Crippen MR) is 98.1 cm³/mol. The molecule has 0 spiro atoms. The van der Waals surface area contributed by atoms with Crippen LogP contribution in [0.25, 0.3) is 0 Å². The van der Waals surface area contributed by atoms with Crippen molar-refractivity contribution in [1.82, 2.24) is 0 Å². The van der Waals surface area contributed by atoms with E-state index in [1.54, 1.807) is 22.3 Å². The molecule has 0 N–H and O–H groups in total. The van der Waals surface area contributed by atoms with Gasteiger partial charge in [0.05, 0.1) is 0 Å². The molecule has 0 aliphatic heterocycles. The van der Waals surface area contributed by atoms with Gasteiger partial charge in [-0.1, -0.05) is 65.2 Å². The molecule has 0 heterocycles. The van der Waals surface area contributed by atoms with Crippen LogP contribution in [0.4, 0.5) is 0 Å². The van der Waals surface area contributed by atoms with Crippen molar-refractivity contribution in [2.75, 3.05) is 0 Å². The number of rotatable bonds is 0. The minimum Gasteiger partial charge on any atom is -1.00 e. The molecule has 0 bridgehead atoms. The summed E-state index contributed by atoms with van der Waals surface area (Å²) >= 11 is 0. The van der Waals surface area contributed by atoms with Crippen molar-refractivity contribution in [3.8, 4) is 0 Å². The van der Waals surface area contributed by atoms with Crippen LogP contribution >= 0.6 is 0 Å². The Morgan fingerprint density at radius 2 is 1.00 bits per heavy atom. The van der Waals surface area contributed by atoms with Crippen LogP contribution in [0.5, 0.6) is 0 Å². The topological polar surface area (TPSA) is 0 Å². The minimum atomic E-state index is 0. The third-order valence-electron chi connectivity index (χ3n) is 4.72. The third-order valence-corrected chi connectivity index (χ3v) is 4.72. The van der Waals surface area contributed by atoms with Crippen molar-refractivity contribution >= 4 is 0 Å².